The molecule has 5 nitrogen and oxygen atoms in total. The van der Waals surface area contributed by atoms with Crippen LogP contribution in [-0.2, 0) is 0 Å². The van der Waals surface area contributed by atoms with E-state index < -0.39 is 24.2 Å². The van der Waals surface area contributed by atoms with E-state index in [1.165, 1.54) is 18.2 Å². The SMILES string of the molecule is O=C(Nc1ccc(Cl)cc1Cl)c1nn2c(c1Cl)N[C@H](c1ccc(Br)cc1)C[C@@H]2C(F)(F)F. The average molecular weight is 569 g/mol. The molecular formula is C20H13BrCl3F3N4O. The fraction of sp³-hybridized carbons (Fsp3) is 0.200. The van der Waals surface area contributed by atoms with Crippen molar-refractivity contribution in [1.29, 1.82) is 0 Å². The largest absolute Gasteiger partial charge is 0.410 e. The van der Waals surface area contributed by atoms with Gasteiger partial charge in [-0.25, -0.2) is 4.68 Å². The summed E-state index contributed by atoms with van der Waals surface area (Å²) in [5.41, 5.74) is 0.506. The van der Waals surface area contributed by atoms with Crippen LogP contribution in [0.15, 0.2) is 46.9 Å². The number of amides is 1. The molecule has 0 saturated heterocycles. The van der Waals surface area contributed by atoms with Crippen molar-refractivity contribution in [2.45, 2.75) is 24.7 Å². The number of hydrogen-bond acceptors (Lipinski definition) is 3. The smallest absolute Gasteiger partial charge is 0.362 e. The third-order valence-corrected chi connectivity index (χ3v) is 6.40. The highest BCUT2D eigenvalue weighted by molar-refractivity contribution is 9.10. The highest BCUT2D eigenvalue weighted by Crippen LogP contribution is 2.46. The normalized spacial score (nSPS) is 18.1. The number of carbonyl (C=O) groups excluding carboxylic acids is 1. The molecule has 2 heterocycles. The van der Waals surface area contributed by atoms with Crippen LogP contribution in [0.3, 0.4) is 0 Å². The number of benzene rings is 2. The van der Waals surface area contributed by atoms with E-state index in [-0.39, 0.29) is 33.7 Å². The van der Waals surface area contributed by atoms with Gasteiger partial charge in [0.2, 0.25) is 0 Å². The Bertz CT molecular complexity index is 1180. The maximum absolute atomic E-state index is 13.9. The van der Waals surface area contributed by atoms with Crippen molar-refractivity contribution in [3.8, 4) is 0 Å². The average Bonchev–Trinajstić information content (AvgIpc) is 3.06. The summed E-state index contributed by atoms with van der Waals surface area (Å²) in [5, 5.41) is 9.69. The van der Waals surface area contributed by atoms with Gasteiger partial charge in [-0.2, -0.15) is 18.3 Å². The number of carbonyl (C=O) groups is 1. The minimum atomic E-state index is -4.60. The molecule has 2 N–H and O–H groups in total. The Morgan fingerprint density at radius 2 is 1.84 bits per heavy atom. The molecule has 0 bridgehead atoms. The van der Waals surface area contributed by atoms with E-state index in [0.29, 0.717) is 10.6 Å². The summed E-state index contributed by atoms with van der Waals surface area (Å²) in [6.07, 6.45) is -4.92. The summed E-state index contributed by atoms with van der Waals surface area (Å²) in [6, 6.07) is 8.64. The number of anilines is 2. The van der Waals surface area contributed by atoms with Gasteiger partial charge in [0.1, 0.15) is 10.8 Å². The van der Waals surface area contributed by atoms with Crippen molar-refractivity contribution in [1.82, 2.24) is 9.78 Å². The first-order valence-corrected chi connectivity index (χ1v) is 11.1. The zero-order valence-corrected chi connectivity index (χ0v) is 19.7. The predicted octanol–water partition coefficient (Wildman–Crippen LogP) is 7.52. The third-order valence-electron chi connectivity index (χ3n) is 4.96. The zero-order chi connectivity index (χ0) is 23.2. The van der Waals surface area contributed by atoms with Crippen molar-refractivity contribution in [2.24, 2.45) is 0 Å². The van der Waals surface area contributed by atoms with Gasteiger partial charge in [0.25, 0.3) is 5.91 Å². The van der Waals surface area contributed by atoms with Gasteiger partial charge in [0.15, 0.2) is 11.7 Å². The molecule has 4 rings (SSSR count). The van der Waals surface area contributed by atoms with E-state index in [9.17, 15) is 18.0 Å². The number of halogens is 7. The monoisotopic (exact) mass is 566 g/mol. The van der Waals surface area contributed by atoms with Crippen LogP contribution >= 0.6 is 50.7 Å². The van der Waals surface area contributed by atoms with Crippen LogP contribution in [0, 0.1) is 0 Å². The standard InChI is InChI=1S/C20H13BrCl3F3N4O/c21-10-3-1-9(2-4-10)14-8-15(20(25,26)27)31-18(28-14)16(24)17(30-31)19(32)29-13-6-5-11(22)7-12(13)23/h1-7,14-15,28H,8H2,(H,29,32)/t14-,15+/m0/s1. The van der Waals surface area contributed by atoms with Crippen molar-refractivity contribution in [2.75, 3.05) is 10.6 Å². The number of aromatic nitrogens is 2. The highest BCUT2D eigenvalue weighted by atomic mass is 79.9. The Hall–Kier alpha value is -1.94. The molecule has 0 saturated carbocycles. The van der Waals surface area contributed by atoms with Crippen molar-refractivity contribution in [3.63, 3.8) is 0 Å². The van der Waals surface area contributed by atoms with Gasteiger partial charge >= 0.3 is 6.18 Å². The minimum Gasteiger partial charge on any atom is -0.362 e. The fourth-order valence-electron chi connectivity index (χ4n) is 3.42. The van der Waals surface area contributed by atoms with Crippen LogP contribution in [-0.4, -0.2) is 21.9 Å². The van der Waals surface area contributed by atoms with E-state index in [1.54, 1.807) is 24.3 Å². The van der Waals surface area contributed by atoms with Crippen LogP contribution < -0.4 is 10.6 Å². The molecule has 32 heavy (non-hydrogen) atoms. The summed E-state index contributed by atoms with van der Waals surface area (Å²) < 4.78 is 43.2. The summed E-state index contributed by atoms with van der Waals surface area (Å²) in [7, 11) is 0. The topological polar surface area (TPSA) is 59.0 Å². The van der Waals surface area contributed by atoms with Crippen LogP contribution in [0.5, 0.6) is 0 Å². The van der Waals surface area contributed by atoms with Gasteiger partial charge in [-0.15, -0.1) is 0 Å². The number of rotatable bonds is 3. The molecule has 0 unspecified atom stereocenters. The first-order valence-electron chi connectivity index (χ1n) is 9.17. The van der Waals surface area contributed by atoms with E-state index >= 15 is 0 Å². The Kier molecular flexibility index (Phi) is 6.37. The Labute approximate surface area is 204 Å². The van der Waals surface area contributed by atoms with Gasteiger partial charge < -0.3 is 10.6 Å². The molecule has 1 amide bonds. The Morgan fingerprint density at radius 1 is 1.16 bits per heavy atom. The quantitative estimate of drug-likeness (QED) is 0.344. The lowest BCUT2D eigenvalue weighted by Crippen LogP contribution is -2.35. The minimum absolute atomic E-state index is 0.0829. The molecule has 2 atom stereocenters. The van der Waals surface area contributed by atoms with E-state index in [4.69, 9.17) is 34.8 Å². The lowest BCUT2D eigenvalue weighted by atomic mass is 9.97. The second-order valence-electron chi connectivity index (χ2n) is 7.08. The van der Waals surface area contributed by atoms with Crippen molar-refractivity contribution < 1.29 is 18.0 Å². The maximum Gasteiger partial charge on any atom is 0.410 e. The molecule has 3 aromatic rings. The molecule has 0 radical (unpaired) electrons. The van der Waals surface area contributed by atoms with Crippen LogP contribution in [0.2, 0.25) is 15.1 Å². The second kappa shape index (κ2) is 8.78. The lowest BCUT2D eigenvalue weighted by Gasteiger charge is -2.33. The van der Waals surface area contributed by atoms with Gasteiger partial charge in [-0.3, -0.25) is 4.79 Å². The van der Waals surface area contributed by atoms with E-state index in [1.807, 2.05) is 0 Å². The Morgan fingerprint density at radius 3 is 2.47 bits per heavy atom. The highest BCUT2D eigenvalue weighted by Gasteiger charge is 2.47. The Balaban J connectivity index is 1.70. The first-order chi connectivity index (χ1) is 15.0. The molecule has 168 valence electrons. The maximum atomic E-state index is 13.9. The molecule has 0 fully saturated rings. The molecule has 12 heteroatoms. The molecular weight excluding hydrogens is 556 g/mol. The van der Waals surface area contributed by atoms with Crippen LogP contribution in [0.4, 0.5) is 24.7 Å². The number of alkyl halides is 3. The van der Waals surface area contributed by atoms with Gasteiger partial charge in [-0.1, -0.05) is 62.9 Å². The third kappa shape index (κ3) is 4.57. The number of nitrogens with one attached hydrogen (secondary N) is 2. The molecule has 1 aliphatic rings. The van der Waals surface area contributed by atoms with E-state index in [0.717, 1.165) is 9.15 Å². The van der Waals surface area contributed by atoms with Gasteiger partial charge in [-0.05, 0) is 35.9 Å². The number of hydrogen-bond donors (Lipinski definition) is 2. The van der Waals surface area contributed by atoms with Crippen LogP contribution in [0.1, 0.15) is 34.6 Å². The molecule has 0 spiro atoms. The molecule has 1 aromatic heterocycles. The predicted molar refractivity (Wildman–Crippen MR) is 122 cm³/mol. The summed E-state index contributed by atoms with van der Waals surface area (Å²) in [6.45, 7) is 0. The lowest BCUT2D eigenvalue weighted by molar-refractivity contribution is -0.173. The number of fused-ring (bicyclic) bond motifs is 1. The molecule has 1 aliphatic heterocycles. The number of nitrogens with zero attached hydrogens (tertiary/aromatic N) is 2. The van der Waals surface area contributed by atoms with E-state index in [2.05, 4.69) is 31.7 Å². The van der Waals surface area contributed by atoms with Crippen molar-refractivity contribution in [3.05, 3.63) is 73.3 Å². The van der Waals surface area contributed by atoms with Gasteiger partial charge in [0.05, 0.1) is 16.8 Å². The van der Waals surface area contributed by atoms with Gasteiger partial charge in [0, 0.05) is 15.9 Å². The molecule has 2 aromatic carbocycles. The van der Waals surface area contributed by atoms with Crippen molar-refractivity contribution >= 4 is 68.1 Å². The summed E-state index contributed by atoms with van der Waals surface area (Å²) in [4.78, 5) is 12.8. The summed E-state index contributed by atoms with van der Waals surface area (Å²) >= 11 is 21.5. The second-order valence-corrected chi connectivity index (χ2v) is 9.21. The molecule has 0 aliphatic carbocycles. The summed E-state index contributed by atoms with van der Waals surface area (Å²) in [5.74, 6) is -0.885. The van der Waals surface area contributed by atoms with Crippen LogP contribution in [0.25, 0.3) is 0 Å². The fourth-order valence-corrected chi connectivity index (χ4v) is 4.41. The first kappa shape index (κ1) is 23.2. The zero-order valence-electron chi connectivity index (χ0n) is 15.9.